The van der Waals surface area contributed by atoms with E-state index in [0.717, 1.165) is 35.4 Å². The smallest absolute Gasteiger partial charge is 0.136 e. The lowest BCUT2D eigenvalue weighted by atomic mass is 10.3. The molecule has 0 spiro atoms. The number of nitrogens with one attached hydrogen (secondary N) is 2. The lowest BCUT2D eigenvalue weighted by Gasteiger charge is -2.09. The fourth-order valence-electron chi connectivity index (χ4n) is 1.67. The van der Waals surface area contributed by atoms with Crippen LogP contribution in [-0.2, 0) is 0 Å². The maximum atomic E-state index is 5.73. The van der Waals surface area contributed by atoms with E-state index in [0.29, 0.717) is 0 Å². The van der Waals surface area contributed by atoms with E-state index in [9.17, 15) is 0 Å². The minimum atomic E-state index is 0.720. The molecule has 0 aliphatic rings. The summed E-state index contributed by atoms with van der Waals surface area (Å²) < 4.78 is 0. The number of nitrogens with zero attached hydrogens (tertiary/aromatic N) is 2. The van der Waals surface area contributed by atoms with E-state index in [2.05, 4.69) is 20.6 Å². The second kappa shape index (κ2) is 5.35. The van der Waals surface area contributed by atoms with E-state index in [1.807, 2.05) is 44.2 Å². The third-order valence-corrected chi connectivity index (χ3v) is 2.35. The molecule has 0 aliphatic heterocycles. The van der Waals surface area contributed by atoms with Crippen molar-refractivity contribution in [2.24, 2.45) is 0 Å². The van der Waals surface area contributed by atoms with Gasteiger partial charge in [0, 0.05) is 24.0 Å². The van der Waals surface area contributed by atoms with Gasteiger partial charge in [0.25, 0.3) is 0 Å². The molecule has 4 N–H and O–H groups in total. The summed E-state index contributed by atoms with van der Waals surface area (Å²) in [5, 5.41) is 6.38. The fraction of sp³-hybridized carbons (Fsp3) is 0.231. The lowest BCUT2D eigenvalue weighted by Crippen LogP contribution is -2.04. The number of aryl methyl sites for hydroxylation is 1. The molecule has 2 aromatic rings. The summed E-state index contributed by atoms with van der Waals surface area (Å²) in [4.78, 5) is 8.63. The Hall–Kier alpha value is -2.30. The van der Waals surface area contributed by atoms with E-state index in [1.165, 1.54) is 0 Å². The first-order valence-corrected chi connectivity index (χ1v) is 5.89. The molecular formula is C13H17N5. The Morgan fingerprint density at radius 2 is 1.94 bits per heavy atom. The number of nitrogen functional groups attached to an aromatic ring is 1. The molecule has 1 heterocycles. The van der Waals surface area contributed by atoms with Crippen LogP contribution in [0.4, 0.5) is 23.0 Å². The Bertz CT molecular complexity index is 539. The Morgan fingerprint density at radius 1 is 1.17 bits per heavy atom. The second-order valence-electron chi connectivity index (χ2n) is 3.97. The van der Waals surface area contributed by atoms with Crippen molar-refractivity contribution in [1.29, 1.82) is 0 Å². The summed E-state index contributed by atoms with van der Waals surface area (Å²) in [7, 11) is 0. The van der Waals surface area contributed by atoms with E-state index < -0.39 is 0 Å². The molecule has 1 aromatic carbocycles. The summed E-state index contributed by atoms with van der Waals surface area (Å²) in [5.41, 5.74) is 7.37. The Morgan fingerprint density at radius 3 is 2.67 bits per heavy atom. The van der Waals surface area contributed by atoms with Gasteiger partial charge in [-0.1, -0.05) is 6.07 Å². The van der Waals surface area contributed by atoms with E-state index in [-0.39, 0.29) is 0 Å². The molecule has 0 saturated carbocycles. The predicted octanol–water partition coefficient (Wildman–Crippen LogP) is 2.54. The SMILES string of the molecule is CCNc1cc(Nc2cccc(N)c2)nc(C)n1. The molecule has 18 heavy (non-hydrogen) atoms. The first-order chi connectivity index (χ1) is 8.67. The number of benzene rings is 1. The van der Waals surface area contributed by atoms with Gasteiger partial charge in [0.05, 0.1) is 0 Å². The number of aromatic nitrogens is 2. The normalized spacial score (nSPS) is 10.1. The topological polar surface area (TPSA) is 75.9 Å². The lowest BCUT2D eigenvalue weighted by molar-refractivity contribution is 1.04. The molecular weight excluding hydrogens is 226 g/mol. The minimum Gasteiger partial charge on any atom is -0.399 e. The van der Waals surface area contributed by atoms with Crippen LogP contribution in [0.1, 0.15) is 12.7 Å². The van der Waals surface area contributed by atoms with Crippen LogP contribution in [0.5, 0.6) is 0 Å². The number of hydrogen-bond acceptors (Lipinski definition) is 5. The maximum absolute atomic E-state index is 5.73. The van der Waals surface area contributed by atoms with Crippen molar-refractivity contribution in [2.45, 2.75) is 13.8 Å². The van der Waals surface area contributed by atoms with Crippen LogP contribution in [0.2, 0.25) is 0 Å². The van der Waals surface area contributed by atoms with Gasteiger partial charge in [0.2, 0.25) is 0 Å². The van der Waals surface area contributed by atoms with Gasteiger partial charge in [-0.15, -0.1) is 0 Å². The van der Waals surface area contributed by atoms with Gasteiger partial charge in [0.15, 0.2) is 0 Å². The third-order valence-electron chi connectivity index (χ3n) is 2.35. The fourth-order valence-corrected chi connectivity index (χ4v) is 1.67. The molecule has 0 saturated heterocycles. The molecule has 5 nitrogen and oxygen atoms in total. The molecule has 2 rings (SSSR count). The van der Waals surface area contributed by atoms with Crippen molar-refractivity contribution >= 4 is 23.0 Å². The van der Waals surface area contributed by atoms with Crippen LogP contribution in [0.25, 0.3) is 0 Å². The monoisotopic (exact) mass is 243 g/mol. The molecule has 0 bridgehead atoms. The number of nitrogens with two attached hydrogens (primary N) is 1. The minimum absolute atomic E-state index is 0.720. The molecule has 0 unspecified atom stereocenters. The highest BCUT2D eigenvalue weighted by Gasteiger charge is 2.01. The van der Waals surface area contributed by atoms with Crippen LogP contribution < -0.4 is 16.4 Å². The van der Waals surface area contributed by atoms with Gasteiger partial charge in [-0.3, -0.25) is 0 Å². The Balaban J connectivity index is 2.23. The maximum Gasteiger partial charge on any atom is 0.136 e. The zero-order valence-electron chi connectivity index (χ0n) is 10.6. The highest BCUT2D eigenvalue weighted by atomic mass is 15.1. The molecule has 0 atom stereocenters. The van der Waals surface area contributed by atoms with Crippen LogP contribution in [0.15, 0.2) is 30.3 Å². The van der Waals surface area contributed by atoms with Crippen LogP contribution in [-0.4, -0.2) is 16.5 Å². The van der Waals surface area contributed by atoms with Gasteiger partial charge in [-0.2, -0.15) is 0 Å². The highest BCUT2D eigenvalue weighted by molar-refractivity contribution is 5.62. The van der Waals surface area contributed by atoms with Crippen molar-refractivity contribution in [3.05, 3.63) is 36.2 Å². The number of hydrogen-bond donors (Lipinski definition) is 3. The molecule has 94 valence electrons. The number of rotatable bonds is 4. The first kappa shape index (κ1) is 12.2. The van der Waals surface area contributed by atoms with Gasteiger partial charge in [0.1, 0.15) is 17.5 Å². The van der Waals surface area contributed by atoms with Gasteiger partial charge in [-0.05, 0) is 32.0 Å². The van der Waals surface area contributed by atoms with Crippen molar-refractivity contribution in [3.63, 3.8) is 0 Å². The standard InChI is InChI=1S/C13H17N5/c1-3-15-12-8-13(17-9(2)16-12)18-11-6-4-5-10(14)7-11/h4-8H,3,14H2,1-2H3,(H2,15,16,17,18). The van der Waals surface area contributed by atoms with E-state index in [1.54, 1.807) is 0 Å². The summed E-state index contributed by atoms with van der Waals surface area (Å²) in [6.45, 7) is 4.72. The molecule has 0 radical (unpaired) electrons. The predicted molar refractivity (Wildman–Crippen MR) is 75.1 cm³/mol. The molecule has 1 aromatic heterocycles. The molecule has 0 aliphatic carbocycles. The quantitative estimate of drug-likeness (QED) is 0.719. The zero-order chi connectivity index (χ0) is 13.0. The van der Waals surface area contributed by atoms with Crippen molar-refractivity contribution in [3.8, 4) is 0 Å². The molecule has 5 heteroatoms. The highest BCUT2D eigenvalue weighted by Crippen LogP contribution is 2.19. The summed E-state index contributed by atoms with van der Waals surface area (Å²) in [6.07, 6.45) is 0. The van der Waals surface area contributed by atoms with Gasteiger partial charge < -0.3 is 16.4 Å². The summed E-state index contributed by atoms with van der Waals surface area (Å²) in [6, 6.07) is 9.43. The van der Waals surface area contributed by atoms with E-state index >= 15 is 0 Å². The van der Waals surface area contributed by atoms with Gasteiger partial charge >= 0.3 is 0 Å². The van der Waals surface area contributed by atoms with Crippen LogP contribution >= 0.6 is 0 Å². The molecule has 0 fully saturated rings. The largest absolute Gasteiger partial charge is 0.399 e. The summed E-state index contributed by atoms with van der Waals surface area (Å²) >= 11 is 0. The third kappa shape index (κ3) is 3.10. The average molecular weight is 243 g/mol. The first-order valence-electron chi connectivity index (χ1n) is 5.89. The zero-order valence-corrected chi connectivity index (χ0v) is 10.6. The van der Waals surface area contributed by atoms with Crippen LogP contribution in [0.3, 0.4) is 0 Å². The van der Waals surface area contributed by atoms with Crippen molar-refractivity contribution in [2.75, 3.05) is 22.9 Å². The van der Waals surface area contributed by atoms with Gasteiger partial charge in [-0.25, -0.2) is 9.97 Å². The van der Waals surface area contributed by atoms with Crippen molar-refractivity contribution < 1.29 is 0 Å². The van der Waals surface area contributed by atoms with Crippen molar-refractivity contribution in [1.82, 2.24) is 9.97 Å². The summed E-state index contributed by atoms with van der Waals surface area (Å²) in [5.74, 6) is 2.29. The molecule has 0 amide bonds. The average Bonchev–Trinajstić information content (AvgIpc) is 2.28. The Kier molecular flexibility index (Phi) is 3.62. The number of anilines is 4. The second-order valence-corrected chi connectivity index (χ2v) is 3.97. The van der Waals surface area contributed by atoms with Crippen LogP contribution in [0, 0.1) is 6.92 Å². The van der Waals surface area contributed by atoms with E-state index in [4.69, 9.17) is 5.73 Å². The Labute approximate surface area is 106 Å².